The predicted molar refractivity (Wildman–Crippen MR) is 158 cm³/mol. The number of carboxylic acid groups (broad SMARTS) is 1. The summed E-state index contributed by atoms with van der Waals surface area (Å²) >= 11 is 1.65. The third-order valence-electron chi connectivity index (χ3n) is 6.13. The van der Waals surface area contributed by atoms with Gasteiger partial charge in [-0.1, -0.05) is 11.3 Å². The van der Waals surface area contributed by atoms with Crippen molar-refractivity contribution < 1.29 is 38.8 Å². The first-order chi connectivity index (χ1) is 21.2. The molecule has 3 aromatic heterocycles. The van der Waals surface area contributed by atoms with Crippen LogP contribution in [-0.4, -0.2) is 72.3 Å². The first-order valence-corrected chi connectivity index (χ1v) is 14.3. The Balaban J connectivity index is 0.000000338. The molecule has 0 fully saturated rings. The summed E-state index contributed by atoms with van der Waals surface area (Å²) in [4.78, 5) is 84.3. The number of nitrogens with one attached hydrogen (secondary N) is 2. The molecule has 0 saturated carbocycles. The lowest BCUT2D eigenvalue weighted by Crippen LogP contribution is -2.47. The molecule has 0 aliphatic heterocycles. The number of aliphatic hydroxyl groups excluding tert-OH is 1. The molecule has 0 radical (unpaired) electrons. The quantitative estimate of drug-likeness (QED) is 0.0859. The molecule has 0 saturated heterocycles. The first kappa shape index (κ1) is 36.2. The van der Waals surface area contributed by atoms with Crippen LogP contribution in [0.2, 0.25) is 0 Å². The summed E-state index contributed by atoms with van der Waals surface area (Å²) in [6.45, 7) is 4.71. The van der Waals surface area contributed by atoms with Crippen molar-refractivity contribution in [3.05, 3.63) is 66.8 Å². The van der Waals surface area contributed by atoms with Gasteiger partial charge < -0.3 is 37.6 Å². The molecule has 18 nitrogen and oxygen atoms in total. The van der Waals surface area contributed by atoms with Gasteiger partial charge in [-0.25, -0.2) is 19.6 Å². The van der Waals surface area contributed by atoms with E-state index in [2.05, 4.69) is 19.9 Å². The van der Waals surface area contributed by atoms with E-state index in [1.165, 1.54) is 4.88 Å². The van der Waals surface area contributed by atoms with Gasteiger partial charge in [0.1, 0.15) is 23.7 Å². The average Bonchev–Trinajstić information content (AvgIpc) is 3.31. The van der Waals surface area contributed by atoms with Gasteiger partial charge in [0.2, 0.25) is 17.3 Å². The molecule has 0 aromatic carbocycles. The van der Waals surface area contributed by atoms with Crippen LogP contribution in [0.5, 0.6) is 0 Å². The molecule has 3 aromatic rings. The van der Waals surface area contributed by atoms with Crippen molar-refractivity contribution in [1.82, 2.24) is 25.0 Å². The number of aliphatic hydroxyl groups is 1. The zero-order chi connectivity index (χ0) is 33.7. The number of nitrogen functional groups attached to an aromatic ring is 1. The fourth-order valence-electron chi connectivity index (χ4n) is 3.62. The monoisotopic (exact) mass is 650 g/mol. The summed E-state index contributed by atoms with van der Waals surface area (Å²) in [5, 5.41) is 19.9. The van der Waals surface area contributed by atoms with Crippen LogP contribution in [0.1, 0.15) is 47.6 Å². The van der Waals surface area contributed by atoms with Gasteiger partial charge in [-0.05, 0) is 19.8 Å². The number of anilines is 1. The minimum absolute atomic E-state index is 0.178. The van der Waals surface area contributed by atoms with Crippen LogP contribution >= 0.6 is 11.3 Å². The fraction of sp³-hybridized carbons (Fsp3) is 0.423. The van der Waals surface area contributed by atoms with Crippen LogP contribution in [0.3, 0.4) is 0 Å². The number of hydrogen-bond acceptors (Lipinski definition) is 13. The molecule has 0 unspecified atom stereocenters. The minimum Gasteiger partial charge on any atom is -0.480 e. The van der Waals surface area contributed by atoms with Gasteiger partial charge in [0.05, 0.1) is 16.6 Å². The number of carboxylic acids is 1. The first-order valence-electron chi connectivity index (χ1n) is 13.5. The molecule has 0 aliphatic rings. The highest BCUT2D eigenvalue weighted by molar-refractivity contribution is 7.09. The average molecular weight is 651 g/mol. The second-order valence-electron chi connectivity index (χ2n) is 9.62. The number of aliphatic carboxylic acids is 1. The number of aromatic amines is 1. The van der Waals surface area contributed by atoms with E-state index in [1.54, 1.807) is 17.5 Å². The number of carbonyl (C=O) groups is 4. The van der Waals surface area contributed by atoms with Gasteiger partial charge in [-0.15, -0.1) is 4.73 Å². The van der Waals surface area contributed by atoms with E-state index >= 15 is 0 Å². The summed E-state index contributed by atoms with van der Waals surface area (Å²) in [6, 6.07) is -1.67. The number of thiazole rings is 1. The number of H-pyrrole nitrogens is 1. The molecule has 19 heteroatoms. The van der Waals surface area contributed by atoms with Crippen LogP contribution in [0.25, 0.3) is 0 Å². The number of nitrogens with zero attached hydrogens (tertiary/aromatic N) is 4. The second kappa shape index (κ2) is 17.3. The summed E-state index contributed by atoms with van der Waals surface area (Å²) in [5.41, 5.74) is 18.6. The SMILES string of the molecule is Cc1ncc(C[n+]2csc(CCO)c2C)c(N)n1.NC(=O)CC[C@H](NC(=O)CC[C@H](N)C(=O)O)C(=O)On1ccc(=O)[nH]c1=O. The summed E-state index contributed by atoms with van der Waals surface area (Å²) in [7, 11) is 0. The molecule has 0 aliphatic carbocycles. The number of amides is 2. The number of aryl methyl sites for hydroxylation is 1. The lowest BCUT2D eigenvalue weighted by atomic mass is 10.1. The van der Waals surface area contributed by atoms with Gasteiger partial charge in [0, 0.05) is 45.1 Å². The topological polar surface area (TPSA) is 293 Å². The van der Waals surface area contributed by atoms with Gasteiger partial charge in [-0.2, -0.15) is 4.57 Å². The van der Waals surface area contributed by atoms with Crippen molar-refractivity contribution in [1.29, 1.82) is 0 Å². The largest absolute Gasteiger partial charge is 0.480 e. The van der Waals surface area contributed by atoms with Crippen molar-refractivity contribution in [2.24, 2.45) is 11.5 Å². The van der Waals surface area contributed by atoms with E-state index < -0.39 is 47.1 Å². The van der Waals surface area contributed by atoms with Gasteiger partial charge >= 0.3 is 17.6 Å². The molecule has 0 spiro atoms. The number of hydrogen-bond donors (Lipinski definition) is 7. The van der Waals surface area contributed by atoms with Crippen molar-refractivity contribution >= 4 is 40.9 Å². The molecule has 10 N–H and O–H groups in total. The number of carbonyl (C=O) groups excluding carboxylic acids is 3. The van der Waals surface area contributed by atoms with Crippen molar-refractivity contribution in [2.75, 3.05) is 12.3 Å². The molecule has 244 valence electrons. The van der Waals surface area contributed by atoms with E-state index in [9.17, 15) is 28.8 Å². The number of primary amides is 1. The summed E-state index contributed by atoms with van der Waals surface area (Å²) in [6.07, 6.45) is 2.40. The van der Waals surface area contributed by atoms with E-state index in [1.807, 2.05) is 24.3 Å². The number of aromatic nitrogens is 5. The lowest BCUT2D eigenvalue weighted by Gasteiger charge is -2.17. The minimum atomic E-state index is -1.34. The zero-order valence-electron chi connectivity index (χ0n) is 24.6. The number of nitrogens with two attached hydrogens (primary N) is 3. The van der Waals surface area contributed by atoms with Gasteiger partial charge in [0.25, 0.3) is 5.56 Å². The normalized spacial score (nSPS) is 11.9. The van der Waals surface area contributed by atoms with E-state index in [0.717, 1.165) is 23.5 Å². The third kappa shape index (κ3) is 11.9. The van der Waals surface area contributed by atoms with Crippen LogP contribution < -0.4 is 43.2 Å². The van der Waals surface area contributed by atoms with E-state index in [0.29, 0.717) is 29.3 Å². The molecular formula is C26H36N9O9S+. The molecular weight excluding hydrogens is 614 g/mol. The van der Waals surface area contributed by atoms with Crippen molar-refractivity contribution in [2.45, 2.75) is 64.6 Å². The van der Waals surface area contributed by atoms with Gasteiger partial charge in [-0.3, -0.25) is 24.2 Å². The zero-order valence-corrected chi connectivity index (χ0v) is 25.4. The van der Waals surface area contributed by atoms with Crippen LogP contribution in [-0.2, 0) is 32.1 Å². The Hall–Kier alpha value is -5.01. The highest BCUT2D eigenvalue weighted by atomic mass is 32.1. The van der Waals surface area contributed by atoms with Gasteiger partial charge in [0.15, 0.2) is 12.2 Å². The standard InChI is InChI=1S/C14H19N5O8.C12H17N4OS/c15-7(12(23)24)1-4-10(21)17-8(2-3-9(16)20)13(25)27-19-6-5-11(22)18-14(19)26;1-8-11(3-4-17)18-7-16(8)6-10-5-14-9(2)15-12(10)13/h5-8H,1-4,15H2,(H2,16,20)(H,17,21)(H,23,24)(H,18,22,26);5,7,17H,3-4,6H2,1-2H3,(H2,13,14,15)/q;+1/t7-,8-;/m0./s1. The van der Waals surface area contributed by atoms with E-state index in [-0.39, 0.29) is 32.3 Å². The molecule has 45 heavy (non-hydrogen) atoms. The van der Waals surface area contributed by atoms with Crippen molar-refractivity contribution in [3.63, 3.8) is 0 Å². The van der Waals surface area contributed by atoms with Crippen LogP contribution in [0.15, 0.2) is 33.6 Å². The Morgan fingerprint density at radius 2 is 1.91 bits per heavy atom. The highest BCUT2D eigenvalue weighted by Crippen LogP contribution is 2.13. The maximum atomic E-state index is 12.2. The molecule has 3 rings (SSSR count). The predicted octanol–water partition coefficient (Wildman–Crippen LogP) is -2.96. The summed E-state index contributed by atoms with van der Waals surface area (Å²) in [5.74, 6) is -2.62. The lowest BCUT2D eigenvalue weighted by molar-refractivity contribution is -0.689. The maximum absolute atomic E-state index is 12.2. The molecule has 2 atom stereocenters. The Bertz CT molecular complexity index is 1620. The second-order valence-corrected chi connectivity index (χ2v) is 10.6. The Morgan fingerprint density at radius 3 is 2.51 bits per heavy atom. The molecule has 0 bridgehead atoms. The van der Waals surface area contributed by atoms with E-state index in [4.69, 9.17) is 32.3 Å². The molecule has 2 amide bonds. The Morgan fingerprint density at radius 1 is 1.20 bits per heavy atom. The van der Waals surface area contributed by atoms with Crippen LogP contribution in [0, 0.1) is 13.8 Å². The summed E-state index contributed by atoms with van der Waals surface area (Å²) < 4.78 is 2.55. The maximum Gasteiger partial charge on any atom is 0.361 e. The fourth-order valence-corrected chi connectivity index (χ4v) is 4.60. The van der Waals surface area contributed by atoms with Crippen LogP contribution in [0.4, 0.5) is 5.82 Å². The smallest absolute Gasteiger partial charge is 0.361 e. The number of rotatable bonds is 14. The Labute approximate surface area is 259 Å². The Kier molecular flexibility index (Phi) is 13.9. The van der Waals surface area contributed by atoms with Crippen molar-refractivity contribution in [3.8, 4) is 0 Å². The third-order valence-corrected chi connectivity index (χ3v) is 7.28. The highest BCUT2D eigenvalue weighted by Gasteiger charge is 2.25. The molecule has 3 heterocycles.